The third kappa shape index (κ3) is 4.39. The van der Waals surface area contributed by atoms with Crippen molar-refractivity contribution in [3.05, 3.63) is 65.9 Å². The van der Waals surface area contributed by atoms with Crippen molar-refractivity contribution in [2.75, 3.05) is 13.1 Å². The van der Waals surface area contributed by atoms with Gasteiger partial charge in [0, 0.05) is 60.9 Å². The molecule has 0 spiro atoms. The number of H-pyrrole nitrogens is 1. The standard InChI is InChI=1S/C30H35N3O4/c1-18(34)32-25(15-19-16-31-24-10-6-4-8-21(19)24)29(35)33-13-12-26-20(17-33)14-23-28(36-26)22-9-5-7-11-27(22)37-30(23,2)3/h4-11,16,20,23,25-26,28,31H,12-15,17H2,1-3H3,(H,32,34)/t20-,23+,25+,26+,28-/m1/s1. The van der Waals surface area contributed by atoms with Gasteiger partial charge in [-0.25, -0.2) is 0 Å². The van der Waals surface area contributed by atoms with Gasteiger partial charge < -0.3 is 24.7 Å². The maximum atomic E-state index is 13.8. The number of ether oxygens (including phenoxy) is 2. The number of likely N-dealkylation sites (tertiary alicyclic amines) is 1. The maximum absolute atomic E-state index is 13.8. The zero-order valence-corrected chi connectivity index (χ0v) is 21.7. The second kappa shape index (κ2) is 9.21. The molecule has 194 valence electrons. The Bertz CT molecular complexity index is 1330. The van der Waals surface area contributed by atoms with E-state index >= 15 is 0 Å². The van der Waals surface area contributed by atoms with Crippen LogP contribution in [0.3, 0.4) is 0 Å². The summed E-state index contributed by atoms with van der Waals surface area (Å²) in [6, 6.07) is 15.6. The van der Waals surface area contributed by atoms with E-state index in [1.807, 2.05) is 53.6 Å². The number of aromatic nitrogens is 1. The Morgan fingerprint density at radius 2 is 1.95 bits per heavy atom. The Hall–Kier alpha value is -3.32. The second-order valence-electron chi connectivity index (χ2n) is 11.3. The number of nitrogens with one attached hydrogen (secondary N) is 2. The summed E-state index contributed by atoms with van der Waals surface area (Å²) in [5.41, 5.74) is 2.83. The number of rotatable bonds is 4. The van der Waals surface area contributed by atoms with E-state index in [9.17, 15) is 9.59 Å². The molecule has 7 nitrogen and oxygen atoms in total. The van der Waals surface area contributed by atoms with Gasteiger partial charge in [0.2, 0.25) is 11.8 Å². The fourth-order valence-corrected chi connectivity index (χ4v) is 6.64. The number of carbonyl (C=O) groups excluding carboxylic acids is 2. The second-order valence-corrected chi connectivity index (χ2v) is 11.3. The number of amides is 2. The lowest BCUT2D eigenvalue weighted by molar-refractivity contribution is -0.189. The first-order valence-electron chi connectivity index (χ1n) is 13.3. The van der Waals surface area contributed by atoms with Gasteiger partial charge in [-0.3, -0.25) is 9.59 Å². The Labute approximate surface area is 217 Å². The van der Waals surface area contributed by atoms with Crippen LogP contribution in [0.5, 0.6) is 5.75 Å². The van der Waals surface area contributed by atoms with Crippen LogP contribution in [0.1, 0.15) is 50.8 Å². The minimum atomic E-state index is -0.605. The number of hydrogen-bond acceptors (Lipinski definition) is 4. The van der Waals surface area contributed by atoms with Crippen molar-refractivity contribution in [1.82, 2.24) is 15.2 Å². The van der Waals surface area contributed by atoms with Gasteiger partial charge >= 0.3 is 0 Å². The smallest absolute Gasteiger partial charge is 0.245 e. The van der Waals surface area contributed by atoms with Crippen LogP contribution in [-0.2, 0) is 20.7 Å². The molecule has 3 aliphatic heterocycles. The molecule has 7 heteroatoms. The number of carbonyl (C=O) groups is 2. The van der Waals surface area contributed by atoms with Crippen LogP contribution in [0.2, 0.25) is 0 Å². The molecule has 2 aromatic carbocycles. The van der Waals surface area contributed by atoms with E-state index in [-0.39, 0.29) is 41.5 Å². The SMILES string of the molecule is CC(=O)N[C@@H](Cc1c[nH]c2ccccc12)C(=O)N1CC[C@@H]2O[C@@H]3c4ccccc4OC(C)(C)[C@H]3C[C@@H]2C1. The zero-order chi connectivity index (χ0) is 25.7. The summed E-state index contributed by atoms with van der Waals surface area (Å²) in [4.78, 5) is 31.1. The number of fused-ring (bicyclic) bond motifs is 5. The Morgan fingerprint density at radius 3 is 2.78 bits per heavy atom. The fourth-order valence-electron chi connectivity index (χ4n) is 6.64. The van der Waals surface area contributed by atoms with Crippen LogP contribution in [0.15, 0.2) is 54.7 Å². The molecule has 0 unspecified atom stereocenters. The molecule has 0 aliphatic carbocycles. The van der Waals surface area contributed by atoms with Crippen molar-refractivity contribution in [2.24, 2.45) is 11.8 Å². The Balaban J connectivity index is 1.20. The van der Waals surface area contributed by atoms with Gasteiger partial charge in [-0.15, -0.1) is 0 Å². The van der Waals surface area contributed by atoms with Gasteiger partial charge in [0.1, 0.15) is 17.4 Å². The third-order valence-corrected chi connectivity index (χ3v) is 8.49. The van der Waals surface area contributed by atoms with Crippen molar-refractivity contribution in [1.29, 1.82) is 0 Å². The van der Waals surface area contributed by atoms with E-state index < -0.39 is 6.04 Å². The minimum Gasteiger partial charge on any atom is -0.487 e. The Morgan fingerprint density at radius 1 is 1.16 bits per heavy atom. The van der Waals surface area contributed by atoms with Crippen molar-refractivity contribution in [3.8, 4) is 5.75 Å². The number of hydrogen-bond donors (Lipinski definition) is 2. The number of aromatic amines is 1. The van der Waals surface area contributed by atoms with Gasteiger partial charge in [-0.05, 0) is 44.4 Å². The third-order valence-electron chi connectivity index (χ3n) is 8.49. The highest BCUT2D eigenvalue weighted by atomic mass is 16.5. The zero-order valence-electron chi connectivity index (χ0n) is 21.7. The molecular formula is C30H35N3O4. The first-order chi connectivity index (χ1) is 17.8. The van der Waals surface area contributed by atoms with Crippen molar-refractivity contribution < 1.29 is 19.1 Å². The quantitative estimate of drug-likeness (QED) is 0.556. The van der Waals surface area contributed by atoms with Crippen molar-refractivity contribution in [3.63, 3.8) is 0 Å². The normalized spacial score (nSPS) is 26.8. The number of nitrogens with zero attached hydrogens (tertiary/aromatic N) is 1. The molecule has 3 aliphatic rings. The predicted octanol–water partition coefficient (Wildman–Crippen LogP) is 4.38. The summed E-state index contributed by atoms with van der Waals surface area (Å²) < 4.78 is 13.2. The highest BCUT2D eigenvalue weighted by molar-refractivity contribution is 5.89. The molecule has 4 heterocycles. The van der Waals surface area contributed by atoms with Gasteiger partial charge in [-0.2, -0.15) is 0 Å². The van der Waals surface area contributed by atoms with Crippen molar-refractivity contribution >= 4 is 22.7 Å². The molecule has 2 fully saturated rings. The minimum absolute atomic E-state index is 0.0115. The van der Waals surface area contributed by atoms with Crippen LogP contribution < -0.4 is 10.1 Å². The van der Waals surface area contributed by atoms with E-state index in [4.69, 9.17) is 9.47 Å². The molecule has 6 rings (SSSR count). The van der Waals surface area contributed by atoms with Crippen LogP contribution in [0.4, 0.5) is 0 Å². The van der Waals surface area contributed by atoms with E-state index in [0.717, 1.165) is 40.6 Å². The summed E-state index contributed by atoms with van der Waals surface area (Å²) in [5.74, 6) is 1.13. The molecular weight excluding hydrogens is 466 g/mol. The van der Waals surface area contributed by atoms with E-state index in [2.05, 4.69) is 30.2 Å². The van der Waals surface area contributed by atoms with Crippen LogP contribution in [0, 0.1) is 11.8 Å². The lowest BCUT2D eigenvalue weighted by Gasteiger charge is -2.53. The first-order valence-corrected chi connectivity index (χ1v) is 13.3. The Kier molecular flexibility index (Phi) is 5.98. The molecule has 0 saturated carbocycles. The summed E-state index contributed by atoms with van der Waals surface area (Å²) in [6.07, 6.45) is 4.25. The molecule has 0 bridgehead atoms. The monoisotopic (exact) mass is 501 g/mol. The van der Waals surface area contributed by atoms with Gasteiger partial charge in [-0.1, -0.05) is 36.4 Å². The van der Waals surface area contributed by atoms with E-state index in [0.29, 0.717) is 19.5 Å². The van der Waals surface area contributed by atoms with E-state index in [1.165, 1.54) is 6.92 Å². The molecule has 37 heavy (non-hydrogen) atoms. The molecule has 0 radical (unpaired) electrons. The topological polar surface area (TPSA) is 83.7 Å². The number of piperidine rings is 1. The molecule has 1 aromatic heterocycles. The first kappa shape index (κ1) is 24.0. The van der Waals surface area contributed by atoms with Crippen LogP contribution in [-0.4, -0.2) is 52.5 Å². The van der Waals surface area contributed by atoms with Crippen LogP contribution >= 0.6 is 0 Å². The average molecular weight is 502 g/mol. The average Bonchev–Trinajstić information content (AvgIpc) is 3.29. The highest BCUT2D eigenvalue weighted by Gasteiger charge is 2.51. The van der Waals surface area contributed by atoms with Crippen LogP contribution in [0.25, 0.3) is 10.9 Å². The summed E-state index contributed by atoms with van der Waals surface area (Å²) in [6.45, 7) is 7.02. The lowest BCUT2D eigenvalue weighted by Crippen LogP contribution is -2.58. The molecule has 5 atom stereocenters. The lowest BCUT2D eigenvalue weighted by atomic mass is 9.70. The van der Waals surface area contributed by atoms with Gasteiger partial charge in [0.05, 0.1) is 12.2 Å². The van der Waals surface area contributed by atoms with Gasteiger partial charge in [0.15, 0.2) is 0 Å². The van der Waals surface area contributed by atoms with Gasteiger partial charge in [0.25, 0.3) is 0 Å². The number of para-hydroxylation sites is 2. The summed E-state index contributed by atoms with van der Waals surface area (Å²) in [7, 11) is 0. The van der Waals surface area contributed by atoms with E-state index in [1.54, 1.807) is 0 Å². The number of benzene rings is 2. The largest absolute Gasteiger partial charge is 0.487 e. The summed E-state index contributed by atoms with van der Waals surface area (Å²) >= 11 is 0. The fraction of sp³-hybridized carbons (Fsp3) is 0.467. The molecule has 2 N–H and O–H groups in total. The highest BCUT2D eigenvalue weighted by Crippen LogP contribution is 2.52. The molecule has 2 amide bonds. The maximum Gasteiger partial charge on any atom is 0.245 e. The summed E-state index contributed by atoms with van der Waals surface area (Å²) in [5, 5.41) is 4.01. The predicted molar refractivity (Wildman–Crippen MR) is 141 cm³/mol. The molecule has 2 saturated heterocycles. The van der Waals surface area contributed by atoms with Crippen molar-refractivity contribution in [2.45, 2.75) is 63.9 Å². The molecule has 3 aromatic rings.